The van der Waals surface area contributed by atoms with Crippen LogP contribution in [0.4, 0.5) is 0 Å². The van der Waals surface area contributed by atoms with E-state index in [0.717, 1.165) is 18.2 Å². The predicted molar refractivity (Wildman–Crippen MR) is 59.7 cm³/mol. The van der Waals surface area contributed by atoms with Crippen LogP contribution in [-0.2, 0) is 4.74 Å². The summed E-state index contributed by atoms with van der Waals surface area (Å²) < 4.78 is 6.08. The molecule has 1 nitrogen and oxygen atoms in total. The van der Waals surface area contributed by atoms with Gasteiger partial charge in [-0.25, -0.2) is 0 Å². The monoisotopic (exact) mass is 216 g/mol. The quantitative estimate of drug-likeness (QED) is 0.655. The van der Waals surface area contributed by atoms with Crippen LogP contribution in [0.15, 0.2) is 0 Å². The van der Waals surface area contributed by atoms with Gasteiger partial charge in [0.15, 0.2) is 0 Å². The van der Waals surface area contributed by atoms with Crippen molar-refractivity contribution >= 4 is 11.6 Å². The summed E-state index contributed by atoms with van der Waals surface area (Å²) in [7, 11) is 0. The summed E-state index contributed by atoms with van der Waals surface area (Å²) in [6.45, 7) is 2.22. The molecule has 14 heavy (non-hydrogen) atoms. The predicted octanol–water partition coefficient (Wildman–Crippen LogP) is 3.60. The number of alkyl halides is 1. The Balaban J connectivity index is 1.80. The number of hydrogen-bond acceptors (Lipinski definition) is 1. The third-order valence-electron chi connectivity index (χ3n) is 3.70. The van der Waals surface area contributed by atoms with Crippen LogP contribution in [0.25, 0.3) is 0 Å². The highest BCUT2D eigenvalue weighted by atomic mass is 35.5. The summed E-state index contributed by atoms with van der Waals surface area (Å²) in [4.78, 5) is 0. The van der Waals surface area contributed by atoms with Crippen molar-refractivity contribution in [3.63, 3.8) is 0 Å². The van der Waals surface area contributed by atoms with Gasteiger partial charge < -0.3 is 4.74 Å². The Hall–Kier alpha value is 0.250. The first-order chi connectivity index (χ1) is 6.79. The van der Waals surface area contributed by atoms with Crippen LogP contribution >= 0.6 is 11.6 Å². The molecule has 0 amide bonds. The molecule has 1 aliphatic heterocycles. The maximum atomic E-state index is 6.08. The fraction of sp³-hybridized carbons (Fsp3) is 1.00. The van der Waals surface area contributed by atoms with Crippen molar-refractivity contribution in [1.29, 1.82) is 0 Å². The molecule has 2 fully saturated rings. The van der Waals surface area contributed by atoms with E-state index in [0.29, 0.717) is 18.1 Å². The summed E-state index contributed by atoms with van der Waals surface area (Å²) >= 11 is 5.83. The van der Waals surface area contributed by atoms with E-state index in [4.69, 9.17) is 16.3 Å². The Morgan fingerprint density at radius 2 is 2.14 bits per heavy atom. The molecule has 0 radical (unpaired) electrons. The van der Waals surface area contributed by atoms with Gasteiger partial charge in [0.05, 0.1) is 12.2 Å². The van der Waals surface area contributed by atoms with Gasteiger partial charge in [0.2, 0.25) is 0 Å². The fourth-order valence-electron chi connectivity index (χ4n) is 2.93. The van der Waals surface area contributed by atoms with E-state index in [1.54, 1.807) is 0 Å². The second-order valence-electron chi connectivity index (χ2n) is 5.07. The van der Waals surface area contributed by atoms with Crippen molar-refractivity contribution < 1.29 is 4.74 Å². The van der Waals surface area contributed by atoms with E-state index in [-0.39, 0.29) is 0 Å². The number of halogens is 1. The first-order valence-electron chi connectivity index (χ1n) is 6.01. The molecule has 1 saturated heterocycles. The zero-order valence-electron chi connectivity index (χ0n) is 9.05. The van der Waals surface area contributed by atoms with Gasteiger partial charge in [-0.15, -0.1) is 11.6 Å². The normalized spacial score (nSPS) is 39.4. The Kier molecular flexibility index (Phi) is 3.73. The summed E-state index contributed by atoms with van der Waals surface area (Å²) in [5.74, 6) is 2.26. The molecule has 0 aromatic carbocycles. The van der Waals surface area contributed by atoms with E-state index < -0.39 is 0 Å². The highest BCUT2D eigenvalue weighted by Gasteiger charge is 2.36. The highest BCUT2D eigenvalue weighted by molar-refractivity contribution is 6.18. The minimum atomic E-state index is 0.511. The van der Waals surface area contributed by atoms with Crippen LogP contribution in [0.1, 0.15) is 45.4 Å². The van der Waals surface area contributed by atoms with Gasteiger partial charge in [0.1, 0.15) is 0 Å². The Labute approximate surface area is 92.2 Å². The lowest BCUT2D eigenvalue weighted by Crippen LogP contribution is -2.20. The van der Waals surface area contributed by atoms with Gasteiger partial charge in [0.25, 0.3) is 0 Å². The topological polar surface area (TPSA) is 9.23 Å². The van der Waals surface area contributed by atoms with Gasteiger partial charge in [0, 0.05) is 5.88 Å². The van der Waals surface area contributed by atoms with Gasteiger partial charge in [-0.2, -0.15) is 0 Å². The molecule has 2 aliphatic rings. The average Bonchev–Trinajstić information content (AvgIpc) is 2.59. The molecular weight excluding hydrogens is 196 g/mol. The molecule has 1 aliphatic carbocycles. The number of fused-ring (bicyclic) bond motifs is 1. The molecule has 1 heterocycles. The zero-order valence-corrected chi connectivity index (χ0v) is 9.80. The summed E-state index contributed by atoms with van der Waals surface area (Å²) in [5.41, 5.74) is 0. The van der Waals surface area contributed by atoms with Crippen molar-refractivity contribution in [3.8, 4) is 0 Å². The molecule has 2 heteroatoms. The van der Waals surface area contributed by atoms with Crippen LogP contribution < -0.4 is 0 Å². The number of ether oxygens (including phenoxy) is 1. The Morgan fingerprint density at radius 1 is 1.36 bits per heavy atom. The molecule has 0 aromatic heterocycles. The molecule has 2 rings (SSSR count). The van der Waals surface area contributed by atoms with Crippen LogP contribution in [0.2, 0.25) is 0 Å². The van der Waals surface area contributed by atoms with Crippen molar-refractivity contribution in [2.45, 2.75) is 57.7 Å². The smallest absolute Gasteiger partial charge is 0.0608 e. The molecule has 0 N–H and O–H groups in total. The van der Waals surface area contributed by atoms with Gasteiger partial charge in [-0.1, -0.05) is 19.8 Å². The molecular formula is C12H21ClO. The maximum Gasteiger partial charge on any atom is 0.0608 e. The minimum Gasteiger partial charge on any atom is -0.375 e. The second kappa shape index (κ2) is 4.85. The standard InChI is InChI=1S/C12H21ClO/c1-9(8-13)6-11-7-10-4-2-3-5-12(10)14-11/h9-12H,2-8H2,1H3. The molecule has 0 spiro atoms. The molecule has 82 valence electrons. The number of rotatable bonds is 3. The van der Waals surface area contributed by atoms with Crippen LogP contribution in [0, 0.1) is 11.8 Å². The summed E-state index contributed by atoms with van der Waals surface area (Å²) in [5, 5.41) is 0. The first-order valence-corrected chi connectivity index (χ1v) is 6.54. The third kappa shape index (κ3) is 2.43. The first kappa shape index (κ1) is 10.8. The van der Waals surface area contributed by atoms with Crippen molar-refractivity contribution in [1.82, 2.24) is 0 Å². The van der Waals surface area contributed by atoms with Gasteiger partial charge in [-0.05, 0) is 37.5 Å². The van der Waals surface area contributed by atoms with Crippen molar-refractivity contribution in [3.05, 3.63) is 0 Å². The number of hydrogen-bond donors (Lipinski definition) is 0. The molecule has 0 bridgehead atoms. The minimum absolute atomic E-state index is 0.511. The Morgan fingerprint density at radius 3 is 2.86 bits per heavy atom. The third-order valence-corrected chi connectivity index (χ3v) is 4.23. The second-order valence-corrected chi connectivity index (χ2v) is 5.38. The van der Waals surface area contributed by atoms with Crippen molar-refractivity contribution in [2.75, 3.05) is 5.88 Å². The zero-order chi connectivity index (χ0) is 9.97. The van der Waals surface area contributed by atoms with E-state index in [2.05, 4.69) is 6.92 Å². The van der Waals surface area contributed by atoms with E-state index in [1.807, 2.05) is 0 Å². The average molecular weight is 217 g/mol. The van der Waals surface area contributed by atoms with E-state index >= 15 is 0 Å². The van der Waals surface area contributed by atoms with E-state index in [9.17, 15) is 0 Å². The van der Waals surface area contributed by atoms with Crippen LogP contribution in [0.5, 0.6) is 0 Å². The molecule has 0 aromatic rings. The van der Waals surface area contributed by atoms with Crippen molar-refractivity contribution in [2.24, 2.45) is 11.8 Å². The largest absolute Gasteiger partial charge is 0.375 e. The lowest BCUT2D eigenvalue weighted by Gasteiger charge is -2.23. The lowest BCUT2D eigenvalue weighted by molar-refractivity contribution is 0.0110. The summed E-state index contributed by atoms with van der Waals surface area (Å²) in [6, 6.07) is 0. The SMILES string of the molecule is CC(CCl)CC1CC2CCCCC2O1. The highest BCUT2D eigenvalue weighted by Crippen LogP contribution is 2.39. The molecule has 4 unspecified atom stereocenters. The lowest BCUT2D eigenvalue weighted by atomic mass is 9.85. The van der Waals surface area contributed by atoms with E-state index in [1.165, 1.54) is 32.1 Å². The Bertz CT molecular complexity index is 169. The maximum absolute atomic E-state index is 6.08. The van der Waals surface area contributed by atoms with Gasteiger partial charge >= 0.3 is 0 Å². The van der Waals surface area contributed by atoms with Gasteiger partial charge in [-0.3, -0.25) is 0 Å². The molecule has 4 atom stereocenters. The van der Waals surface area contributed by atoms with Crippen LogP contribution in [0.3, 0.4) is 0 Å². The van der Waals surface area contributed by atoms with Crippen LogP contribution in [-0.4, -0.2) is 18.1 Å². The summed E-state index contributed by atoms with van der Waals surface area (Å²) in [6.07, 6.45) is 9.06. The molecule has 1 saturated carbocycles. The fourth-order valence-corrected chi connectivity index (χ4v) is 3.05.